The molecular formula is C8H16O2. The summed E-state index contributed by atoms with van der Waals surface area (Å²) in [5, 5.41) is 18.4. The quantitative estimate of drug-likeness (QED) is 0.533. The second kappa shape index (κ2) is 3.94. The van der Waals surface area contributed by atoms with Crippen LogP contribution >= 0.6 is 0 Å². The maximum atomic E-state index is 9.22. The van der Waals surface area contributed by atoms with E-state index in [0.717, 1.165) is 38.5 Å². The zero-order chi connectivity index (χ0) is 7.40. The van der Waals surface area contributed by atoms with Crippen molar-refractivity contribution in [2.75, 3.05) is 0 Å². The van der Waals surface area contributed by atoms with Crippen molar-refractivity contribution in [2.45, 2.75) is 50.7 Å². The van der Waals surface area contributed by atoms with Crippen LogP contribution in [-0.2, 0) is 0 Å². The monoisotopic (exact) mass is 144 g/mol. The molecule has 1 saturated carbocycles. The SMILES string of the molecule is O[C@H]1CCC[C@H](O)CCC1. The van der Waals surface area contributed by atoms with Crippen molar-refractivity contribution in [3.8, 4) is 0 Å². The Balaban J connectivity index is 2.21. The molecule has 0 spiro atoms. The Bertz CT molecular complexity index is 73.3. The van der Waals surface area contributed by atoms with Crippen LogP contribution in [0.5, 0.6) is 0 Å². The van der Waals surface area contributed by atoms with Gasteiger partial charge in [0.1, 0.15) is 0 Å². The molecule has 0 unspecified atom stereocenters. The van der Waals surface area contributed by atoms with E-state index in [0.29, 0.717) is 0 Å². The van der Waals surface area contributed by atoms with Gasteiger partial charge in [-0.2, -0.15) is 0 Å². The van der Waals surface area contributed by atoms with Gasteiger partial charge in [0.25, 0.3) is 0 Å². The molecule has 0 saturated heterocycles. The molecule has 1 aliphatic rings. The van der Waals surface area contributed by atoms with Gasteiger partial charge in [-0.15, -0.1) is 0 Å². The number of rotatable bonds is 0. The van der Waals surface area contributed by atoms with Crippen LogP contribution in [0.25, 0.3) is 0 Å². The first-order valence-corrected chi connectivity index (χ1v) is 4.15. The third kappa shape index (κ3) is 2.67. The minimum absolute atomic E-state index is 0.104. The fourth-order valence-corrected chi connectivity index (χ4v) is 1.47. The Kier molecular flexibility index (Phi) is 3.16. The van der Waals surface area contributed by atoms with Crippen LogP contribution in [0, 0.1) is 0 Å². The Hall–Kier alpha value is -0.0800. The van der Waals surface area contributed by atoms with Gasteiger partial charge in [-0.1, -0.05) is 0 Å². The van der Waals surface area contributed by atoms with Gasteiger partial charge in [0.05, 0.1) is 12.2 Å². The van der Waals surface area contributed by atoms with Crippen LogP contribution in [0.1, 0.15) is 38.5 Å². The van der Waals surface area contributed by atoms with Gasteiger partial charge in [0.2, 0.25) is 0 Å². The highest BCUT2D eigenvalue weighted by Crippen LogP contribution is 2.17. The van der Waals surface area contributed by atoms with Crippen molar-refractivity contribution in [3.63, 3.8) is 0 Å². The van der Waals surface area contributed by atoms with Crippen LogP contribution < -0.4 is 0 Å². The Morgan fingerprint density at radius 3 is 1.30 bits per heavy atom. The van der Waals surface area contributed by atoms with Crippen molar-refractivity contribution in [1.29, 1.82) is 0 Å². The van der Waals surface area contributed by atoms with Gasteiger partial charge in [0.15, 0.2) is 0 Å². The predicted octanol–water partition coefficient (Wildman–Crippen LogP) is 1.06. The minimum Gasteiger partial charge on any atom is -0.393 e. The van der Waals surface area contributed by atoms with Crippen LogP contribution in [0.3, 0.4) is 0 Å². The molecule has 0 aromatic heterocycles. The lowest BCUT2D eigenvalue weighted by molar-refractivity contribution is 0.0953. The van der Waals surface area contributed by atoms with E-state index >= 15 is 0 Å². The summed E-state index contributed by atoms with van der Waals surface area (Å²) in [4.78, 5) is 0. The van der Waals surface area contributed by atoms with Gasteiger partial charge in [-0.25, -0.2) is 0 Å². The summed E-state index contributed by atoms with van der Waals surface area (Å²) in [7, 11) is 0. The molecular weight excluding hydrogens is 128 g/mol. The van der Waals surface area contributed by atoms with E-state index in [1.165, 1.54) is 0 Å². The largest absolute Gasteiger partial charge is 0.393 e. The van der Waals surface area contributed by atoms with Crippen LogP contribution in [0.15, 0.2) is 0 Å². The van der Waals surface area contributed by atoms with E-state index in [1.54, 1.807) is 0 Å². The first-order valence-electron chi connectivity index (χ1n) is 4.15. The molecule has 0 aromatic rings. The second-order valence-corrected chi connectivity index (χ2v) is 3.17. The summed E-state index contributed by atoms with van der Waals surface area (Å²) in [6, 6.07) is 0. The van der Waals surface area contributed by atoms with Gasteiger partial charge < -0.3 is 10.2 Å². The molecule has 0 aliphatic heterocycles. The first kappa shape index (κ1) is 8.02. The Morgan fingerprint density at radius 2 is 1.00 bits per heavy atom. The number of hydrogen-bond acceptors (Lipinski definition) is 2. The smallest absolute Gasteiger partial charge is 0.0540 e. The molecule has 2 N–H and O–H groups in total. The maximum Gasteiger partial charge on any atom is 0.0540 e. The summed E-state index contributed by atoms with van der Waals surface area (Å²) in [5.41, 5.74) is 0. The summed E-state index contributed by atoms with van der Waals surface area (Å²) in [6.45, 7) is 0. The van der Waals surface area contributed by atoms with E-state index in [4.69, 9.17) is 0 Å². The molecule has 1 rings (SSSR count). The Labute approximate surface area is 61.9 Å². The van der Waals surface area contributed by atoms with Gasteiger partial charge in [-0.05, 0) is 38.5 Å². The zero-order valence-corrected chi connectivity index (χ0v) is 6.29. The lowest BCUT2D eigenvalue weighted by Gasteiger charge is -2.17. The topological polar surface area (TPSA) is 40.5 Å². The fourth-order valence-electron chi connectivity index (χ4n) is 1.47. The third-order valence-corrected chi connectivity index (χ3v) is 2.15. The molecule has 0 bridgehead atoms. The lowest BCUT2D eigenvalue weighted by atomic mass is 9.97. The molecule has 10 heavy (non-hydrogen) atoms. The average Bonchev–Trinajstić information content (AvgIpc) is 1.84. The van der Waals surface area contributed by atoms with Gasteiger partial charge in [-0.3, -0.25) is 0 Å². The molecule has 0 atom stereocenters. The van der Waals surface area contributed by atoms with Crippen LogP contribution in [0.4, 0.5) is 0 Å². The average molecular weight is 144 g/mol. The molecule has 0 aromatic carbocycles. The van der Waals surface area contributed by atoms with Crippen molar-refractivity contribution in [2.24, 2.45) is 0 Å². The van der Waals surface area contributed by atoms with E-state index in [9.17, 15) is 10.2 Å². The maximum absolute atomic E-state index is 9.22. The summed E-state index contributed by atoms with van der Waals surface area (Å²) in [5.74, 6) is 0. The number of aliphatic hydroxyl groups is 2. The molecule has 0 radical (unpaired) electrons. The van der Waals surface area contributed by atoms with Crippen molar-refractivity contribution >= 4 is 0 Å². The molecule has 2 nitrogen and oxygen atoms in total. The minimum atomic E-state index is -0.104. The van der Waals surface area contributed by atoms with Crippen LogP contribution in [0.2, 0.25) is 0 Å². The molecule has 60 valence electrons. The van der Waals surface area contributed by atoms with Crippen molar-refractivity contribution in [3.05, 3.63) is 0 Å². The van der Waals surface area contributed by atoms with E-state index < -0.39 is 0 Å². The predicted molar refractivity (Wildman–Crippen MR) is 39.7 cm³/mol. The summed E-state index contributed by atoms with van der Waals surface area (Å²) in [6.07, 6.45) is 5.23. The van der Waals surface area contributed by atoms with E-state index in [-0.39, 0.29) is 12.2 Å². The molecule has 0 amide bonds. The molecule has 2 heteroatoms. The van der Waals surface area contributed by atoms with Gasteiger partial charge in [0, 0.05) is 0 Å². The highest BCUT2D eigenvalue weighted by atomic mass is 16.3. The highest BCUT2D eigenvalue weighted by Gasteiger charge is 2.11. The molecule has 1 aliphatic carbocycles. The van der Waals surface area contributed by atoms with Crippen molar-refractivity contribution < 1.29 is 10.2 Å². The highest BCUT2D eigenvalue weighted by molar-refractivity contribution is 4.65. The number of hydrogen-bond donors (Lipinski definition) is 2. The third-order valence-electron chi connectivity index (χ3n) is 2.15. The standard InChI is InChI=1S/C8H16O2/c9-7-3-1-4-8(10)6-2-5-7/h7-10H,1-6H2/t7-,8-. The number of aliphatic hydroxyl groups excluding tert-OH is 2. The molecule has 0 heterocycles. The van der Waals surface area contributed by atoms with E-state index in [2.05, 4.69) is 0 Å². The molecule has 1 fully saturated rings. The second-order valence-electron chi connectivity index (χ2n) is 3.17. The summed E-state index contributed by atoms with van der Waals surface area (Å²) < 4.78 is 0. The first-order chi connectivity index (χ1) is 4.79. The van der Waals surface area contributed by atoms with E-state index in [1.807, 2.05) is 0 Å². The fraction of sp³-hybridized carbons (Fsp3) is 1.00. The zero-order valence-electron chi connectivity index (χ0n) is 6.29. The Morgan fingerprint density at radius 1 is 0.700 bits per heavy atom. The lowest BCUT2D eigenvalue weighted by Crippen LogP contribution is -2.15. The summed E-state index contributed by atoms with van der Waals surface area (Å²) >= 11 is 0. The van der Waals surface area contributed by atoms with Gasteiger partial charge >= 0.3 is 0 Å². The normalized spacial score (nSPS) is 36.6. The van der Waals surface area contributed by atoms with Crippen molar-refractivity contribution in [1.82, 2.24) is 0 Å². The van der Waals surface area contributed by atoms with Crippen LogP contribution in [-0.4, -0.2) is 22.4 Å².